The minimum absolute atomic E-state index is 0.287. The Balaban J connectivity index is 1.76. The molecule has 1 aliphatic rings. The van der Waals surface area contributed by atoms with Crippen molar-refractivity contribution in [3.63, 3.8) is 0 Å². The summed E-state index contributed by atoms with van der Waals surface area (Å²) in [4.78, 5) is 13.5. The van der Waals surface area contributed by atoms with Crippen molar-refractivity contribution in [2.45, 2.75) is 23.1 Å². The summed E-state index contributed by atoms with van der Waals surface area (Å²) in [6, 6.07) is 14.1. The van der Waals surface area contributed by atoms with E-state index in [2.05, 4.69) is 32.4 Å². The van der Waals surface area contributed by atoms with Gasteiger partial charge in [0.25, 0.3) is 0 Å². The largest absolute Gasteiger partial charge is 0.381 e. The minimum Gasteiger partial charge on any atom is -0.381 e. The average molecular weight is 429 g/mol. The smallest absolute Gasteiger partial charge is 0.145 e. The summed E-state index contributed by atoms with van der Waals surface area (Å²) in [6.07, 6.45) is 4.42. The highest BCUT2D eigenvalue weighted by atomic mass is 32.2. The van der Waals surface area contributed by atoms with Gasteiger partial charge in [0.2, 0.25) is 0 Å². The van der Waals surface area contributed by atoms with Crippen LogP contribution >= 0.6 is 11.8 Å². The fourth-order valence-corrected chi connectivity index (χ4v) is 4.44. The molecule has 3 aromatic rings. The van der Waals surface area contributed by atoms with Crippen LogP contribution in [0.2, 0.25) is 0 Å². The van der Waals surface area contributed by atoms with Crippen LogP contribution in [0, 0.1) is 22.7 Å². The van der Waals surface area contributed by atoms with Crippen LogP contribution in [0.15, 0.2) is 47.8 Å². The Bertz CT molecular complexity index is 1150. The number of thioether (sulfide) groups is 1. The van der Waals surface area contributed by atoms with Gasteiger partial charge >= 0.3 is 0 Å². The molecule has 1 fully saturated rings. The van der Waals surface area contributed by atoms with E-state index in [0.29, 0.717) is 45.5 Å². The second kappa shape index (κ2) is 9.57. The topological polar surface area (TPSA) is 108 Å². The third-order valence-electron chi connectivity index (χ3n) is 5.13. The molecule has 7 nitrogen and oxygen atoms in total. The fourth-order valence-electron chi connectivity index (χ4n) is 3.54. The van der Waals surface area contributed by atoms with Gasteiger partial charge in [-0.3, -0.25) is 9.97 Å². The number of pyridine rings is 3. The lowest BCUT2D eigenvalue weighted by Crippen LogP contribution is -2.05. The Morgan fingerprint density at radius 2 is 2.03 bits per heavy atom. The van der Waals surface area contributed by atoms with E-state index in [0.717, 1.165) is 24.4 Å². The zero-order chi connectivity index (χ0) is 21.6. The number of rotatable bonds is 6. The number of nitrogens with one attached hydrogen (secondary N) is 1. The van der Waals surface area contributed by atoms with E-state index in [4.69, 9.17) is 4.74 Å². The van der Waals surface area contributed by atoms with Gasteiger partial charge in [-0.05, 0) is 24.6 Å². The van der Waals surface area contributed by atoms with Gasteiger partial charge in [-0.2, -0.15) is 10.5 Å². The van der Waals surface area contributed by atoms with Gasteiger partial charge in [0, 0.05) is 54.5 Å². The number of ether oxygens (including phenoxy) is 1. The first-order valence-corrected chi connectivity index (χ1v) is 10.9. The third kappa shape index (κ3) is 4.36. The zero-order valence-electron chi connectivity index (χ0n) is 17.0. The predicted molar refractivity (Wildman–Crippen MR) is 118 cm³/mol. The van der Waals surface area contributed by atoms with E-state index < -0.39 is 0 Å². The van der Waals surface area contributed by atoms with Crippen molar-refractivity contribution in [3.8, 4) is 23.3 Å². The maximum absolute atomic E-state index is 9.98. The molecule has 154 valence electrons. The summed E-state index contributed by atoms with van der Waals surface area (Å²) < 4.78 is 5.46. The zero-order valence-corrected chi connectivity index (χ0v) is 17.8. The molecule has 0 unspecified atom stereocenters. The van der Waals surface area contributed by atoms with Gasteiger partial charge < -0.3 is 10.1 Å². The monoisotopic (exact) mass is 428 g/mol. The van der Waals surface area contributed by atoms with Gasteiger partial charge in [0.1, 0.15) is 28.5 Å². The number of aromatic nitrogens is 3. The van der Waals surface area contributed by atoms with Crippen LogP contribution in [0.1, 0.15) is 34.9 Å². The van der Waals surface area contributed by atoms with E-state index >= 15 is 0 Å². The molecule has 31 heavy (non-hydrogen) atoms. The SMILES string of the molecule is CNc1nc(SCc2ccccn2)c(C#N)c(-c2ccc([C@@H]3CCOC3)nc2)c1C#N. The average Bonchev–Trinajstić information content (AvgIpc) is 3.37. The highest BCUT2D eigenvalue weighted by Gasteiger charge is 2.23. The lowest BCUT2D eigenvalue weighted by Gasteiger charge is -2.15. The molecule has 1 atom stereocenters. The highest BCUT2D eigenvalue weighted by Crippen LogP contribution is 2.37. The summed E-state index contributed by atoms with van der Waals surface area (Å²) in [5.74, 6) is 1.29. The van der Waals surface area contributed by atoms with Crippen LogP contribution in [-0.2, 0) is 10.5 Å². The standard InChI is InChI=1S/C23H20N6OS/c1-26-22-18(10-24)21(15-5-6-20(28-12-15)16-7-9-30-13-16)19(11-25)23(29-22)31-14-17-4-2-3-8-27-17/h2-6,8,12,16H,7,9,13-14H2,1H3,(H,26,29)/t16-/m1/s1. The number of nitriles is 2. The van der Waals surface area contributed by atoms with Gasteiger partial charge in [0.05, 0.1) is 17.9 Å². The molecular formula is C23H20N6OS. The second-order valence-electron chi connectivity index (χ2n) is 7.01. The Hall–Kier alpha value is -3.46. The Morgan fingerprint density at radius 1 is 1.16 bits per heavy atom. The van der Waals surface area contributed by atoms with Crippen LogP contribution in [0.4, 0.5) is 5.82 Å². The van der Waals surface area contributed by atoms with Crippen LogP contribution in [0.3, 0.4) is 0 Å². The maximum atomic E-state index is 9.98. The van der Waals surface area contributed by atoms with Gasteiger partial charge in [0.15, 0.2) is 0 Å². The Labute approximate surface area is 185 Å². The lowest BCUT2D eigenvalue weighted by atomic mass is 9.96. The summed E-state index contributed by atoms with van der Waals surface area (Å²) in [5, 5.41) is 23.4. The quantitative estimate of drug-likeness (QED) is 0.584. The Kier molecular flexibility index (Phi) is 6.42. The van der Waals surface area contributed by atoms with Crippen molar-refractivity contribution in [2.75, 3.05) is 25.6 Å². The number of hydrogen-bond acceptors (Lipinski definition) is 8. The van der Waals surface area contributed by atoms with Gasteiger partial charge in [-0.25, -0.2) is 4.98 Å². The molecule has 1 saturated heterocycles. The van der Waals surface area contributed by atoms with Crippen LogP contribution in [0.25, 0.3) is 11.1 Å². The summed E-state index contributed by atoms with van der Waals surface area (Å²) in [7, 11) is 1.72. The van der Waals surface area contributed by atoms with Crippen molar-refractivity contribution in [1.82, 2.24) is 15.0 Å². The van der Waals surface area contributed by atoms with Gasteiger partial charge in [-0.1, -0.05) is 23.9 Å². The number of hydrogen-bond donors (Lipinski definition) is 1. The van der Waals surface area contributed by atoms with Crippen molar-refractivity contribution >= 4 is 17.6 Å². The molecular weight excluding hydrogens is 408 g/mol. The molecule has 3 aromatic heterocycles. The summed E-state index contributed by atoms with van der Waals surface area (Å²) >= 11 is 1.42. The van der Waals surface area contributed by atoms with Crippen LogP contribution < -0.4 is 5.32 Å². The first kappa shape index (κ1) is 20.8. The van der Waals surface area contributed by atoms with Crippen molar-refractivity contribution in [3.05, 3.63) is 65.2 Å². The van der Waals surface area contributed by atoms with Crippen molar-refractivity contribution in [1.29, 1.82) is 10.5 Å². The molecule has 0 spiro atoms. The molecule has 0 aliphatic carbocycles. The molecule has 8 heteroatoms. The number of nitrogens with zero attached hydrogens (tertiary/aromatic N) is 5. The normalized spacial score (nSPS) is 15.3. The van der Waals surface area contributed by atoms with E-state index in [1.54, 1.807) is 19.4 Å². The molecule has 4 rings (SSSR count). The predicted octanol–water partition coefficient (Wildman–Crippen LogP) is 4.12. The van der Waals surface area contributed by atoms with E-state index in [1.807, 2.05) is 30.3 Å². The lowest BCUT2D eigenvalue weighted by molar-refractivity contribution is 0.193. The highest BCUT2D eigenvalue weighted by molar-refractivity contribution is 7.98. The van der Waals surface area contributed by atoms with Crippen molar-refractivity contribution < 1.29 is 4.74 Å². The molecule has 0 saturated carbocycles. The minimum atomic E-state index is 0.287. The van der Waals surface area contributed by atoms with Gasteiger partial charge in [-0.15, -0.1) is 0 Å². The summed E-state index contributed by atoms with van der Waals surface area (Å²) in [6.45, 7) is 1.42. The first-order valence-electron chi connectivity index (χ1n) is 9.87. The number of anilines is 1. The molecule has 1 N–H and O–H groups in total. The second-order valence-corrected chi connectivity index (χ2v) is 7.97. The van der Waals surface area contributed by atoms with E-state index in [9.17, 15) is 10.5 Å². The maximum Gasteiger partial charge on any atom is 0.145 e. The molecule has 0 bridgehead atoms. The molecule has 1 aliphatic heterocycles. The molecule has 0 amide bonds. The molecule has 0 aromatic carbocycles. The molecule has 4 heterocycles. The van der Waals surface area contributed by atoms with Crippen molar-refractivity contribution in [2.24, 2.45) is 0 Å². The third-order valence-corrected chi connectivity index (χ3v) is 6.14. The fraction of sp³-hybridized carbons (Fsp3) is 0.261. The first-order chi connectivity index (χ1) is 15.2. The molecule has 0 radical (unpaired) electrons. The van der Waals surface area contributed by atoms with E-state index in [1.165, 1.54) is 11.8 Å². The van der Waals surface area contributed by atoms with E-state index in [-0.39, 0.29) is 5.92 Å². The Morgan fingerprint density at radius 3 is 2.65 bits per heavy atom. The van der Waals surface area contributed by atoms with Crippen LogP contribution in [0.5, 0.6) is 0 Å². The van der Waals surface area contributed by atoms with Crippen LogP contribution in [-0.4, -0.2) is 35.2 Å². The summed E-state index contributed by atoms with van der Waals surface area (Å²) in [5.41, 5.74) is 3.82.